The van der Waals surface area contributed by atoms with Gasteiger partial charge in [-0.15, -0.1) is 0 Å². The molecule has 0 saturated heterocycles. The van der Waals surface area contributed by atoms with E-state index in [0.29, 0.717) is 18.2 Å². The third-order valence-electron chi connectivity index (χ3n) is 6.73. The molecule has 31 heavy (non-hydrogen) atoms. The maximum atomic E-state index is 13.0. The average Bonchev–Trinajstić information content (AvgIpc) is 3.13. The van der Waals surface area contributed by atoms with Gasteiger partial charge in [-0.25, -0.2) is 0 Å². The van der Waals surface area contributed by atoms with E-state index in [1.165, 1.54) is 44.1 Å². The van der Waals surface area contributed by atoms with Gasteiger partial charge in [-0.3, -0.25) is 9.48 Å². The van der Waals surface area contributed by atoms with Gasteiger partial charge in [-0.05, 0) is 69.1 Å². The molecule has 1 heterocycles. The summed E-state index contributed by atoms with van der Waals surface area (Å²) in [6.45, 7) is 10.0. The van der Waals surface area contributed by atoms with Crippen LogP contribution >= 0.6 is 0 Å². The van der Waals surface area contributed by atoms with Crippen molar-refractivity contribution in [3.8, 4) is 17.0 Å². The first-order valence-electron chi connectivity index (χ1n) is 12.0. The number of ether oxygens (including phenoxy) is 1. The van der Waals surface area contributed by atoms with Crippen molar-refractivity contribution in [1.29, 1.82) is 0 Å². The number of aryl methyl sites for hydroxylation is 2. The van der Waals surface area contributed by atoms with Crippen LogP contribution in [0.5, 0.6) is 5.75 Å². The van der Waals surface area contributed by atoms with E-state index in [-0.39, 0.29) is 5.91 Å². The number of carbonyl (C=O) groups is 1. The van der Waals surface area contributed by atoms with Crippen LogP contribution < -0.4 is 10.1 Å². The second-order valence-electron chi connectivity index (χ2n) is 9.11. The smallest absolute Gasteiger partial charge is 0.272 e. The van der Waals surface area contributed by atoms with Gasteiger partial charge >= 0.3 is 0 Å². The summed E-state index contributed by atoms with van der Waals surface area (Å²) in [6.07, 6.45) is 8.33. The molecule has 5 heteroatoms. The van der Waals surface area contributed by atoms with Gasteiger partial charge in [0.1, 0.15) is 5.75 Å². The van der Waals surface area contributed by atoms with Crippen molar-refractivity contribution >= 4 is 5.91 Å². The fourth-order valence-electron chi connectivity index (χ4n) is 4.66. The number of nitrogens with zero attached hydrogens (tertiary/aromatic N) is 2. The van der Waals surface area contributed by atoms with Crippen LogP contribution in [0.4, 0.5) is 0 Å². The fourth-order valence-corrected chi connectivity index (χ4v) is 4.66. The number of aromatic nitrogens is 2. The van der Waals surface area contributed by atoms with E-state index < -0.39 is 0 Å². The zero-order valence-electron chi connectivity index (χ0n) is 20.0. The molecule has 3 rings (SSSR count). The molecule has 0 atom stereocenters. The van der Waals surface area contributed by atoms with Crippen molar-refractivity contribution < 1.29 is 9.53 Å². The van der Waals surface area contributed by atoms with Gasteiger partial charge in [0, 0.05) is 24.2 Å². The summed E-state index contributed by atoms with van der Waals surface area (Å²) in [7, 11) is 1.71. The number of nitrogens with one attached hydrogen (secondary N) is 1. The molecule has 1 fully saturated rings. The van der Waals surface area contributed by atoms with Gasteiger partial charge in [0.2, 0.25) is 0 Å². The first-order chi connectivity index (χ1) is 15.0. The molecule has 170 valence electrons. The molecule has 1 aromatic carbocycles. The lowest BCUT2D eigenvalue weighted by Gasteiger charge is -2.26. The summed E-state index contributed by atoms with van der Waals surface area (Å²) >= 11 is 0. The topological polar surface area (TPSA) is 56.2 Å². The van der Waals surface area contributed by atoms with Crippen molar-refractivity contribution in [1.82, 2.24) is 15.1 Å². The van der Waals surface area contributed by atoms with Crippen molar-refractivity contribution in [3.05, 3.63) is 35.0 Å². The van der Waals surface area contributed by atoms with Gasteiger partial charge < -0.3 is 10.1 Å². The Morgan fingerprint density at radius 2 is 1.97 bits per heavy atom. The molecule has 1 aromatic heterocycles. The SMILES string of the molecule is CCCCc1ccc(-c2c(C)c(C(=O)NCC3CCC(C)CC3)nn2CC)c(OC)c1. The van der Waals surface area contributed by atoms with Crippen LogP contribution in [0.1, 0.15) is 80.9 Å². The molecule has 1 saturated carbocycles. The lowest BCUT2D eigenvalue weighted by Crippen LogP contribution is -2.31. The summed E-state index contributed by atoms with van der Waals surface area (Å²) in [4.78, 5) is 13.0. The molecule has 0 aliphatic heterocycles. The standard InChI is InChI=1S/C26H39N3O2/c1-6-8-9-20-14-15-22(23(16-20)31-5)25-19(4)24(28-29(25)7-2)26(30)27-17-21-12-10-18(3)11-13-21/h14-16,18,21H,6-13,17H2,1-5H3,(H,27,30). The van der Waals surface area contributed by atoms with E-state index in [4.69, 9.17) is 4.74 Å². The Balaban J connectivity index is 1.82. The minimum atomic E-state index is -0.0666. The average molecular weight is 426 g/mol. The predicted molar refractivity (Wildman–Crippen MR) is 127 cm³/mol. The maximum absolute atomic E-state index is 13.0. The lowest BCUT2D eigenvalue weighted by atomic mass is 9.83. The van der Waals surface area contributed by atoms with Crippen molar-refractivity contribution in [3.63, 3.8) is 0 Å². The zero-order valence-corrected chi connectivity index (χ0v) is 20.0. The minimum absolute atomic E-state index is 0.0666. The quantitative estimate of drug-likeness (QED) is 0.553. The molecule has 1 aliphatic rings. The van der Waals surface area contributed by atoms with E-state index in [1.807, 2.05) is 11.6 Å². The van der Waals surface area contributed by atoms with Gasteiger partial charge in [0.05, 0.1) is 12.8 Å². The largest absolute Gasteiger partial charge is 0.496 e. The van der Waals surface area contributed by atoms with Crippen LogP contribution in [-0.4, -0.2) is 29.3 Å². The Kier molecular flexibility index (Phi) is 8.16. The Morgan fingerprint density at radius 1 is 1.23 bits per heavy atom. The molecule has 2 aromatic rings. The number of hydrogen-bond donors (Lipinski definition) is 1. The molecule has 0 unspecified atom stereocenters. The Labute approximate surface area is 187 Å². The molecular formula is C26H39N3O2. The number of amides is 1. The highest BCUT2D eigenvalue weighted by Crippen LogP contribution is 2.35. The third kappa shape index (κ3) is 5.50. The van der Waals surface area contributed by atoms with Gasteiger partial charge in [-0.2, -0.15) is 5.10 Å². The Morgan fingerprint density at radius 3 is 2.61 bits per heavy atom. The fraction of sp³-hybridized carbons (Fsp3) is 0.615. The van der Waals surface area contributed by atoms with E-state index in [2.05, 4.69) is 49.4 Å². The number of methoxy groups -OCH3 is 1. The van der Waals surface area contributed by atoms with E-state index in [1.54, 1.807) is 7.11 Å². The van der Waals surface area contributed by atoms with Crippen LogP contribution in [-0.2, 0) is 13.0 Å². The van der Waals surface area contributed by atoms with Crippen LogP contribution in [0.15, 0.2) is 18.2 Å². The highest BCUT2D eigenvalue weighted by Gasteiger charge is 2.24. The molecule has 1 amide bonds. The summed E-state index contributed by atoms with van der Waals surface area (Å²) in [5, 5.41) is 7.83. The maximum Gasteiger partial charge on any atom is 0.272 e. The summed E-state index contributed by atoms with van der Waals surface area (Å²) in [5.74, 6) is 2.18. The van der Waals surface area contributed by atoms with Crippen molar-refractivity contribution in [2.75, 3.05) is 13.7 Å². The number of benzene rings is 1. The number of rotatable bonds is 9. The van der Waals surface area contributed by atoms with Gasteiger partial charge in [0.25, 0.3) is 5.91 Å². The van der Waals surface area contributed by atoms with Crippen LogP contribution in [0, 0.1) is 18.8 Å². The first-order valence-corrected chi connectivity index (χ1v) is 12.0. The van der Waals surface area contributed by atoms with Gasteiger partial charge in [-0.1, -0.05) is 39.2 Å². The molecule has 5 nitrogen and oxygen atoms in total. The molecule has 1 aliphatic carbocycles. The molecule has 0 bridgehead atoms. The highest BCUT2D eigenvalue weighted by atomic mass is 16.5. The number of carbonyl (C=O) groups excluding carboxylic acids is 1. The molecule has 0 radical (unpaired) electrons. The zero-order chi connectivity index (χ0) is 22.4. The van der Waals surface area contributed by atoms with E-state index >= 15 is 0 Å². The summed E-state index contributed by atoms with van der Waals surface area (Å²) in [6, 6.07) is 6.41. The van der Waals surface area contributed by atoms with E-state index in [9.17, 15) is 4.79 Å². The summed E-state index contributed by atoms with van der Waals surface area (Å²) < 4.78 is 7.67. The second kappa shape index (κ2) is 10.8. The van der Waals surface area contributed by atoms with Gasteiger partial charge in [0.15, 0.2) is 5.69 Å². The Hall–Kier alpha value is -2.30. The van der Waals surface area contributed by atoms with E-state index in [0.717, 1.165) is 41.5 Å². The van der Waals surface area contributed by atoms with Crippen molar-refractivity contribution in [2.45, 2.75) is 79.2 Å². The lowest BCUT2D eigenvalue weighted by molar-refractivity contribution is 0.0935. The summed E-state index contributed by atoms with van der Waals surface area (Å²) in [5.41, 5.74) is 4.68. The molecule has 0 spiro atoms. The molecule has 1 N–H and O–H groups in total. The Bertz CT molecular complexity index is 879. The normalized spacial score (nSPS) is 18.7. The second-order valence-corrected chi connectivity index (χ2v) is 9.11. The number of hydrogen-bond acceptors (Lipinski definition) is 3. The molecular weight excluding hydrogens is 386 g/mol. The van der Waals surface area contributed by atoms with Crippen molar-refractivity contribution in [2.24, 2.45) is 11.8 Å². The minimum Gasteiger partial charge on any atom is -0.496 e. The monoisotopic (exact) mass is 425 g/mol. The van der Waals surface area contributed by atoms with Crippen LogP contribution in [0.2, 0.25) is 0 Å². The van der Waals surface area contributed by atoms with Crippen LogP contribution in [0.3, 0.4) is 0 Å². The highest BCUT2D eigenvalue weighted by molar-refractivity contribution is 5.95. The number of unbranched alkanes of at least 4 members (excludes halogenated alkanes) is 1. The third-order valence-corrected chi connectivity index (χ3v) is 6.73. The first kappa shape index (κ1) is 23.4. The predicted octanol–water partition coefficient (Wildman–Crippen LogP) is 5.79. The van der Waals surface area contributed by atoms with Crippen LogP contribution in [0.25, 0.3) is 11.3 Å².